The molecule has 0 amide bonds. The minimum atomic E-state index is -0.929. The van der Waals surface area contributed by atoms with E-state index >= 15 is 0 Å². The number of benzene rings is 1. The zero-order valence-electron chi connectivity index (χ0n) is 16.1. The van der Waals surface area contributed by atoms with Crippen LogP contribution in [0.25, 0.3) is 0 Å². The highest BCUT2D eigenvalue weighted by molar-refractivity contribution is 8.01. The van der Waals surface area contributed by atoms with Crippen molar-refractivity contribution in [2.45, 2.75) is 51.9 Å². The Labute approximate surface area is 163 Å². The Morgan fingerprint density at radius 3 is 2.56 bits per heavy atom. The average molecular weight is 402 g/mol. The highest BCUT2D eigenvalue weighted by Gasteiger charge is 2.24. The second kappa shape index (κ2) is 14.1. The minimum absolute atomic E-state index is 0.0220. The van der Waals surface area contributed by atoms with E-state index in [9.17, 15) is 19.1 Å². The molecule has 0 spiro atoms. The van der Waals surface area contributed by atoms with Gasteiger partial charge in [-0.1, -0.05) is 26.0 Å². The fourth-order valence-electron chi connectivity index (χ4n) is 2.25. The van der Waals surface area contributed by atoms with Crippen molar-refractivity contribution in [1.29, 1.82) is 0 Å². The van der Waals surface area contributed by atoms with Crippen LogP contribution in [0.1, 0.15) is 45.6 Å². The lowest BCUT2D eigenvalue weighted by atomic mass is 9.99. The molecule has 0 heterocycles. The molecule has 0 bridgehead atoms. The number of aliphatic hydroxyl groups is 1. The Morgan fingerprint density at radius 2 is 2.00 bits per heavy atom. The second-order valence-corrected chi connectivity index (χ2v) is 6.21. The molecule has 1 aliphatic rings. The molecule has 6 nitrogen and oxygen atoms in total. The van der Waals surface area contributed by atoms with Crippen LogP contribution in [0.5, 0.6) is 0 Å². The van der Waals surface area contributed by atoms with Crippen LogP contribution in [-0.2, 0) is 20.9 Å². The molecule has 1 aliphatic carbocycles. The van der Waals surface area contributed by atoms with Gasteiger partial charge in [0.25, 0.3) is 0 Å². The molecule has 3 N–H and O–H groups in total. The van der Waals surface area contributed by atoms with Crippen molar-refractivity contribution < 1.29 is 28.9 Å². The van der Waals surface area contributed by atoms with E-state index in [-0.39, 0.29) is 17.5 Å². The molecule has 0 radical (unpaired) electrons. The summed E-state index contributed by atoms with van der Waals surface area (Å²) in [5, 5.41) is 16.0. The zero-order chi connectivity index (χ0) is 20.8. The summed E-state index contributed by atoms with van der Waals surface area (Å²) in [6.45, 7) is 5.31. The number of anilines is 1. The maximum Gasteiger partial charge on any atom is 0.332 e. The number of aliphatic hydroxyl groups excluding tert-OH is 1. The number of ether oxygens (including phenoxy) is 1. The van der Waals surface area contributed by atoms with Gasteiger partial charge in [0.1, 0.15) is 12.4 Å². The number of aliphatic carboxylic acids is 1. The van der Waals surface area contributed by atoms with Gasteiger partial charge in [-0.25, -0.2) is 9.18 Å². The maximum absolute atomic E-state index is 14.0. The van der Waals surface area contributed by atoms with Gasteiger partial charge in [-0.2, -0.15) is 0 Å². The Hall–Kier alpha value is -2.06. The molecule has 2 rings (SSSR count). The summed E-state index contributed by atoms with van der Waals surface area (Å²) in [5.41, 5.74) is 1.19. The van der Waals surface area contributed by atoms with Crippen molar-refractivity contribution in [1.82, 2.24) is 0 Å². The van der Waals surface area contributed by atoms with Crippen molar-refractivity contribution in [3.63, 3.8) is 0 Å². The molecule has 0 saturated carbocycles. The van der Waals surface area contributed by atoms with Crippen molar-refractivity contribution in [2.24, 2.45) is 0 Å². The number of rotatable bonds is 6. The van der Waals surface area contributed by atoms with Crippen LogP contribution in [0.2, 0.25) is 0 Å². The smallest absolute Gasteiger partial charge is 0.332 e. The van der Waals surface area contributed by atoms with Gasteiger partial charge in [0, 0.05) is 19.6 Å². The predicted molar refractivity (Wildman–Crippen MR) is 106 cm³/mol. The normalized spacial score (nSPS) is 15.2. The monoisotopic (exact) mass is 401 g/mol. The first-order chi connectivity index (χ1) is 13.0. The van der Waals surface area contributed by atoms with Gasteiger partial charge in [0.05, 0.1) is 10.9 Å². The predicted octanol–water partition coefficient (Wildman–Crippen LogP) is 4.15. The molecule has 0 aliphatic heterocycles. The van der Waals surface area contributed by atoms with Crippen molar-refractivity contribution in [3.05, 3.63) is 41.2 Å². The second-order valence-electron chi connectivity index (χ2n) is 5.20. The van der Waals surface area contributed by atoms with Gasteiger partial charge < -0.3 is 19.7 Å². The molecule has 1 atom stereocenters. The number of esters is 1. The molecule has 0 aromatic heterocycles. The van der Waals surface area contributed by atoms with E-state index < -0.39 is 17.8 Å². The Morgan fingerprint density at radius 1 is 1.33 bits per heavy atom. The average Bonchev–Trinajstić information content (AvgIpc) is 2.69. The molecular weight excluding hydrogens is 373 g/mol. The number of hydrogen-bond acceptors (Lipinski definition) is 6. The van der Waals surface area contributed by atoms with E-state index in [0.29, 0.717) is 11.1 Å². The maximum atomic E-state index is 14.0. The van der Waals surface area contributed by atoms with E-state index in [1.54, 1.807) is 18.2 Å². The number of carboxylic acid groups (broad SMARTS) is 1. The fraction of sp³-hybridized carbons (Fsp3) is 0.474. The van der Waals surface area contributed by atoms with Crippen molar-refractivity contribution >= 4 is 29.6 Å². The highest BCUT2D eigenvalue weighted by atomic mass is 32.2. The van der Waals surface area contributed by atoms with Crippen LogP contribution in [0.15, 0.2) is 29.8 Å². The Bertz CT molecular complexity index is 637. The lowest BCUT2D eigenvalue weighted by Gasteiger charge is -2.21. The summed E-state index contributed by atoms with van der Waals surface area (Å²) in [7, 11) is 1.00. The standard InChI is InChI=1S/C16H18FNO4S.C2H6.CH4O/c1-10(19)22-9-11-6-7-14(13(17)8-11)18-23-15-5-3-2-4-12(15)16(20)21;2*1-2/h4,6-8,15,18H,2-3,5,9H2,1H3,(H,20,21);1-2H3;2H,1H3. The molecule has 152 valence electrons. The van der Waals surface area contributed by atoms with E-state index in [2.05, 4.69) is 4.72 Å². The first-order valence-electron chi connectivity index (χ1n) is 8.69. The largest absolute Gasteiger partial charge is 0.478 e. The number of carbonyl (C=O) groups excluding carboxylic acids is 1. The quantitative estimate of drug-likeness (QED) is 0.487. The Balaban J connectivity index is 0.00000158. The van der Waals surface area contributed by atoms with Gasteiger partial charge in [-0.15, -0.1) is 0 Å². The number of hydrogen-bond donors (Lipinski definition) is 3. The molecule has 1 unspecified atom stereocenters. The van der Waals surface area contributed by atoms with Gasteiger partial charge in [-0.3, -0.25) is 4.79 Å². The Kier molecular flexibility index (Phi) is 13.0. The van der Waals surface area contributed by atoms with E-state index in [1.807, 2.05) is 13.8 Å². The van der Waals surface area contributed by atoms with Gasteiger partial charge >= 0.3 is 11.9 Å². The molecule has 1 aromatic rings. The highest BCUT2D eigenvalue weighted by Crippen LogP contribution is 2.31. The first kappa shape index (κ1) is 24.9. The van der Waals surface area contributed by atoms with E-state index in [1.165, 1.54) is 24.9 Å². The minimum Gasteiger partial charge on any atom is -0.478 e. The summed E-state index contributed by atoms with van der Waals surface area (Å²) in [5.74, 6) is -1.83. The SMILES string of the molecule is CC.CC(=O)OCc1ccc(NSC2CCCC=C2C(=O)O)c(F)c1.CO. The van der Waals surface area contributed by atoms with Gasteiger partial charge in [-0.05, 0) is 48.9 Å². The van der Waals surface area contributed by atoms with Crippen molar-refractivity contribution in [2.75, 3.05) is 11.8 Å². The summed E-state index contributed by atoms with van der Waals surface area (Å²) in [6.07, 6.45) is 4.14. The van der Waals surface area contributed by atoms with Crippen LogP contribution in [0, 0.1) is 5.82 Å². The van der Waals surface area contributed by atoms with Crippen LogP contribution in [0.3, 0.4) is 0 Å². The third-order valence-corrected chi connectivity index (χ3v) is 4.53. The van der Waals surface area contributed by atoms with Crippen LogP contribution in [-0.4, -0.2) is 34.5 Å². The molecular formula is C19H28FNO5S. The summed E-state index contributed by atoms with van der Waals surface area (Å²) in [4.78, 5) is 21.9. The molecule has 27 heavy (non-hydrogen) atoms. The topological polar surface area (TPSA) is 95.9 Å². The van der Waals surface area contributed by atoms with Crippen LogP contribution in [0.4, 0.5) is 10.1 Å². The molecule has 0 fully saturated rings. The third-order valence-electron chi connectivity index (χ3n) is 3.42. The van der Waals surface area contributed by atoms with Gasteiger partial charge in [0.15, 0.2) is 0 Å². The summed E-state index contributed by atoms with van der Waals surface area (Å²) in [6, 6.07) is 4.50. The van der Waals surface area contributed by atoms with Gasteiger partial charge in [0.2, 0.25) is 0 Å². The van der Waals surface area contributed by atoms with Crippen LogP contribution < -0.4 is 4.72 Å². The van der Waals surface area contributed by atoms with E-state index in [4.69, 9.17) is 9.84 Å². The number of carboxylic acids is 1. The number of nitrogens with one attached hydrogen (secondary N) is 1. The lowest BCUT2D eigenvalue weighted by Crippen LogP contribution is -2.19. The number of carbonyl (C=O) groups is 2. The molecule has 1 aromatic carbocycles. The number of halogens is 1. The van der Waals surface area contributed by atoms with Crippen molar-refractivity contribution in [3.8, 4) is 0 Å². The summed E-state index contributed by atoms with van der Waals surface area (Å²) < 4.78 is 21.7. The fourth-order valence-corrected chi connectivity index (χ4v) is 3.29. The molecule has 0 saturated heterocycles. The number of allylic oxidation sites excluding steroid dienone is 1. The first-order valence-corrected chi connectivity index (χ1v) is 9.57. The third kappa shape index (κ3) is 8.92. The summed E-state index contributed by atoms with van der Waals surface area (Å²) >= 11 is 1.20. The van der Waals surface area contributed by atoms with Crippen LogP contribution >= 0.6 is 11.9 Å². The van der Waals surface area contributed by atoms with E-state index in [0.717, 1.165) is 26.4 Å². The zero-order valence-corrected chi connectivity index (χ0v) is 16.9. The molecule has 8 heteroatoms. The lowest BCUT2D eigenvalue weighted by molar-refractivity contribution is -0.142.